The number of amides is 1. The number of nitrogens with one attached hydrogen (secondary N) is 1. The van der Waals surface area contributed by atoms with E-state index in [0.29, 0.717) is 0 Å². The number of hydrogen-bond donors (Lipinski definition) is 1. The van der Waals surface area contributed by atoms with Gasteiger partial charge in [0, 0.05) is 7.05 Å². The molecule has 0 aliphatic carbocycles. The molecule has 4 nitrogen and oxygen atoms in total. The van der Waals surface area contributed by atoms with Crippen molar-refractivity contribution in [3.63, 3.8) is 0 Å². The zero-order valence-electron chi connectivity index (χ0n) is 11.6. The first-order valence-electron chi connectivity index (χ1n) is 6.30. The zero-order chi connectivity index (χ0) is 14.2. The van der Waals surface area contributed by atoms with Gasteiger partial charge in [-0.05, 0) is 32.4 Å². The van der Waals surface area contributed by atoms with E-state index in [-0.39, 0.29) is 17.3 Å². The van der Waals surface area contributed by atoms with Gasteiger partial charge in [-0.25, -0.2) is 4.98 Å². The molecule has 0 radical (unpaired) electrons. The fourth-order valence-electron chi connectivity index (χ4n) is 2.34. The second-order valence-electron chi connectivity index (χ2n) is 4.69. The summed E-state index contributed by atoms with van der Waals surface area (Å²) in [4.78, 5) is 16.5. The minimum atomic E-state index is -0.340. The molecule has 0 bridgehead atoms. The number of imidazole rings is 1. The molecule has 0 aliphatic rings. The van der Waals surface area contributed by atoms with Crippen molar-refractivity contribution in [2.24, 2.45) is 0 Å². The molecule has 2 unspecified atom stereocenters. The molecule has 1 amide bonds. The number of halogens is 1. The van der Waals surface area contributed by atoms with Crippen LogP contribution >= 0.6 is 11.6 Å². The van der Waals surface area contributed by atoms with Gasteiger partial charge in [-0.1, -0.05) is 12.1 Å². The Kier molecular flexibility index (Phi) is 3.80. The lowest BCUT2D eigenvalue weighted by Crippen LogP contribution is -2.29. The van der Waals surface area contributed by atoms with E-state index in [2.05, 4.69) is 10.3 Å². The highest BCUT2D eigenvalue weighted by molar-refractivity contribution is 6.20. The number of alkyl halides is 1. The number of aromatic nitrogens is 2. The second-order valence-corrected chi connectivity index (χ2v) is 5.34. The standard InChI is InChI=1S/C14H18ClN3O/c1-8-6-5-7-11-12(8)18(10(3)14(19)16-4)13(17-11)9(2)15/h5-7,9-10H,1-4H3,(H,16,19). The van der Waals surface area contributed by atoms with E-state index in [4.69, 9.17) is 11.6 Å². The van der Waals surface area contributed by atoms with Gasteiger partial charge in [0.25, 0.3) is 0 Å². The number of fused-ring (bicyclic) bond motifs is 1. The van der Waals surface area contributed by atoms with Crippen LogP contribution in [0.2, 0.25) is 0 Å². The summed E-state index contributed by atoms with van der Waals surface area (Å²) in [6.45, 7) is 5.74. The molecule has 0 saturated heterocycles. The molecule has 102 valence electrons. The van der Waals surface area contributed by atoms with Crippen LogP contribution < -0.4 is 5.32 Å². The molecule has 19 heavy (non-hydrogen) atoms. The highest BCUT2D eigenvalue weighted by atomic mass is 35.5. The lowest BCUT2D eigenvalue weighted by atomic mass is 10.2. The van der Waals surface area contributed by atoms with E-state index in [0.717, 1.165) is 22.4 Å². The molecule has 5 heteroatoms. The van der Waals surface area contributed by atoms with Crippen LogP contribution in [0.4, 0.5) is 0 Å². The third kappa shape index (κ3) is 2.32. The molecule has 0 saturated carbocycles. The second kappa shape index (κ2) is 5.21. The number of nitrogens with zero attached hydrogens (tertiary/aromatic N) is 2. The van der Waals surface area contributed by atoms with Gasteiger partial charge in [0.05, 0.1) is 16.4 Å². The highest BCUT2D eigenvalue weighted by Gasteiger charge is 2.23. The molecule has 2 rings (SSSR count). The largest absolute Gasteiger partial charge is 0.357 e. The first-order chi connectivity index (χ1) is 8.97. The lowest BCUT2D eigenvalue weighted by Gasteiger charge is -2.18. The van der Waals surface area contributed by atoms with Crippen molar-refractivity contribution in [3.8, 4) is 0 Å². The van der Waals surface area contributed by atoms with E-state index >= 15 is 0 Å². The number of benzene rings is 1. The van der Waals surface area contributed by atoms with Crippen LogP contribution in [0.1, 0.15) is 36.7 Å². The summed E-state index contributed by atoms with van der Waals surface area (Å²) in [5.74, 6) is 0.670. The minimum Gasteiger partial charge on any atom is -0.357 e. The molecule has 1 heterocycles. The van der Waals surface area contributed by atoms with Gasteiger partial charge in [0.1, 0.15) is 11.9 Å². The topological polar surface area (TPSA) is 46.9 Å². The third-order valence-corrected chi connectivity index (χ3v) is 3.50. The number of carbonyl (C=O) groups is 1. The SMILES string of the molecule is CNC(=O)C(C)n1c(C(C)Cl)nc2cccc(C)c21. The number of rotatable bonds is 3. The Hall–Kier alpha value is -1.55. The minimum absolute atomic E-state index is 0.0545. The van der Waals surface area contributed by atoms with E-state index < -0.39 is 0 Å². The van der Waals surface area contributed by atoms with Gasteiger partial charge in [-0.15, -0.1) is 11.6 Å². The Bertz CT molecular complexity index is 618. The Morgan fingerprint density at radius 1 is 1.42 bits per heavy atom. The molecular formula is C14H18ClN3O. The van der Waals surface area contributed by atoms with Crippen LogP contribution in [-0.4, -0.2) is 22.5 Å². The Balaban J connectivity index is 2.74. The lowest BCUT2D eigenvalue weighted by molar-refractivity contribution is -0.123. The van der Waals surface area contributed by atoms with Gasteiger partial charge >= 0.3 is 0 Å². The summed E-state index contributed by atoms with van der Waals surface area (Å²) in [6.07, 6.45) is 0. The molecule has 2 atom stereocenters. The van der Waals surface area contributed by atoms with Crippen LogP contribution in [0.3, 0.4) is 0 Å². The van der Waals surface area contributed by atoms with Crippen molar-refractivity contribution in [2.45, 2.75) is 32.2 Å². The predicted octanol–water partition coefficient (Wildman–Crippen LogP) is 2.95. The van der Waals surface area contributed by atoms with Crippen molar-refractivity contribution in [1.82, 2.24) is 14.9 Å². The maximum atomic E-state index is 11.9. The molecule has 1 aromatic heterocycles. The number of para-hydroxylation sites is 1. The Labute approximate surface area is 117 Å². The molecule has 1 N–H and O–H groups in total. The molecule has 0 fully saturated rings. The highest BCUT2D eigenvalue weighted by Crippen LogP contribution is 2.29. The summed E-state index contributed by atoms with van der Waals surface area (Å²) >= 11 is 6.21. The molecular weight excluding hydrogens is 262 g/mol. The number of likely N-dealkylation sites (N-methyl/N-ethyl adjacent to an activating group) is 1. The molecule has 0 spiro atoms. The third-order valence-electron chi connectivity index (χ3n) is 3.31. The summed E-state index contributed by atoms with van der Waals surface area (Å²) in [6, 6.07) is 5.58. The summed E-state index contributed by atoms with van der Waals surface area (Å²) in [7, 11) is 1.63. The van der Waals surface area contributed by atoms with Crippen LogP contribution in [0.15, 0.2) is 18.2 Å². The number of carbonyl (C=O) groups excluding carboxylic acids is 1. The number of aryl methyl sites for hydroxylation is 1. The van der Waals surface area contributed by atoms with Gasteiger partial charge in [-0.3, -0.25) is 4.79 Å². The van der Waals surface area contributed by atoms with E-state index in [1.165, 1.54) is 0 Å². The van der Waals surface area contributed by atoms with Gasteiger partial charge in [-0.2, -0.15) is 0 Å². The van der Waals surface area contributed by atoms with Gasteiger partial charge < -0.3 is 9.88 Å². The van der Waals surface area contributed by atoms with E-state index in [9.17, 15) is 4.79 Å². The maximum Gasteiger partial charge on any atom is 0.242 e. The summed E-state index contributed by atoms with van der Waals surface area (Å²) in [5, 5.41) is 2.42. The molecule has 2 aromatic rings. The van der Waals surface area contributed by atoms with Gasteiger partial charge in [0.2, 0.25) is 5.91 Å². The van der Waals surface area contributed by atoms with E-state index in [1.807, 2.05) is 43.5 Å². The quantitative estimate of drug-likeness (QED) is 0.878. The van der Waals surface area contributed by atoms with Crippen molar-refractivity contribution in [3.05, 3.63) is 29.6 Å². The fourth-order valence-corrected chi connectivity index (χ4v) is 2.49. The van der Waals surface area contributed by atoms with Crippen molar-refractivity contribution < 1.29 is 4.79 Å². The first-order valence-corrected chi connectivity index (χ1v) is 6.74. The molecule has 0 aliphatic heterocycles. The zero-order valence-corrected chi connectivity index (χ0v) is 12.3. The monoisotopic (exact) mass is 279 g/mol. The van der Waals surface area contributed by atoms with Crippen molar-refractivity contribution in [1.29, 1.82) is 0 Å². The first kappa shape index (κ1) is 13.9. The summed E-state index contributed by atoms with van der Waals surface area (Å²) < 4.78 is 1.93. The van der Waals surface area contributed by atoms with Crippen molar-refractivity contribution >= 4 is 28.5 Å². The van der Waals surface area contributed by atoms with Crippen LogP contribution in [0, 0.1) is 6.92 Å². The van der Waals surface area contributed by atoms with Crippen LogP contribution in [0.25, 0.3) is 11.0 Å². The normalized spacial score (nSPS) is 14.4. The maximum absolute atomic E-state index is 11.9. The van der Waals surface area contributed by atoms with E-state index in [1.54, 1.807) is 7.05 Å². The van der Waals surface area contributed by atoms with Crippen LogP contribution in [0.5, 0.6) is 0 Å². The Morgan fingerprint density at radius 2 is 2.11 bits per heavy atom. The van der Waals surface area contributed by atoms with Crippen molar-refractivity contribution in [2.75, 3.05) is 7.05 Å². The smallest absolute Gasteiger partial charge is 0.242 e. The summed E-state index contributed by atoms with van der Waals surface area (Å²) in [5.41, 5.74) is 2.93. The van der Waals surface area contributed by atoms with Crippen LogP contribution in [-0.2, 0) is 4.79 Å². The average molecular weight is 280 g/mol. The predicted molar refractivity (Wildman–Crippen MR) is 77.5 cm³/mol. The van der Waals surface area contributed by atoms with Gasteiger partial charge in [0.15, 0.2) is 0 Å². The fraction of sp³-hybridized carbons (Fsp3) is 0.429. The average Bonchev–Trinajstić information content (AvgIpc) is 2.78. The Morgan fingerprint density at radius 3 is 2.68 bits per heavy atom. The number of hydrogen-bond acceptors (Lipinski definition) is 2. The molecule has 1 aromatic carbocycles.